The van der Waals surface area contributed by atoms with Crippen LogP contribution in [0, 0.1) is 11.8 Å². The summed E-state index contributed by atoms with van der Waals surface area (Å²) in [5, 5.41) is 6.82. The summed E-state index contributed by atoms with van der Waals surface area (Å²) < 4.78 is 1.34. The van der Waals surface area contributed by atoms with Crippen LogP contribution in [0.5, 0.6) is 0 Å². The van der Waals surface area contributed by atoms with Gasteiger partial charge in [0.15, 0.2) is 0 Å². The van der Waals surface area contributed by atoms with Crippen molar-refractivity contribution in [2.45, 2.75) is 51.6 Å². The molecule has 2 N–H and O–H groups in total. The van der Waals surface area contributed by atoms with Gasteiger partial charge in [0.2, 0.25) is 0 Å². The average Bonchev–Trinajstić information content (AvgIpc) is 3.20. The standard InChI is InChI=1S/C22H29N3O2S/c1-15(2)7-10-22(20(26)23-21(27)24-22)17-8-11-25(12-9-17)14-18-13-16-5-3-4-6-19(16)28-18/h3-6,13,15,17H,7-12,14H2,1-2H3,(H2,23,24,26,27). The van der Waals surface area contributed by atoms with Crippen LogP contribution >= 0.6 is 11.3 Å². The molecule has 28 heavy (non-hydrogen) atoms. The van der Waals surface area contributed by atoms with Gasteiger partial charge in [-0.1, -0.05) is 32.0 Å². The second-order valence-electron chi connectivity index (χ2n) is 8.61. The van der Waals surface area contributed by atoms with E-state index < -0.39 is 5.54 Å². The number of rotatable bonds is 6. The smallest absolute Gasteiger partial charge is 0.322 e. The minimum Gasteiger partial charge on any atom is -0.323 e. The van der Waals surface area contributed by atoms with Crippen molar-refractivity contribution in [2.24, 2.45) is 11.8 Å². The van der Waals surface area contributed by atoms with Crippen LogP contribution in [0.4, 0.5) is 4.79 Å². The third-order valence-corrected chi connectivity index (χ3v) is 7.33. The Kier molecular flexibility index (Phi) is 5.43. The minimum absolute atomic E-state index is 0.124. The van der Waals surface area contributed by atoms with E-state index in [1.807, 2.05) is 11.3 Å². The lowest BCUT2D eigenvalue weighted by Crippen LogP contribution is -2.56. The van der Waals surface area contributed by atoms with E-state index in [-0.39, 0.29) is 17.9 Å². The Hall–Kier alpha value is -1.92. The van der Waals surface area contributed by atoms with E-state index in [4.69, 9.17) is 0 Å². The summed E-state index contributed by atoms with van der Waals surface area (Å²) in [6, 6.07) is 10.5. The molecule has 1 unspecified atom stereocenters. The van der Waals surface area contributed by atoms with Gasteiger partial charge < -0.3 is 5.32 Å². The molecule has 2 aliphatic heterocycles. The molecular formula is C22H29N3O2S. The molecule has 150 valence electrons. The maximum atomic E-state index is 12.7. The highest BCUT2D eigenvalue weighted by atomic mass is 32.1. The Balaban J connectivity index is 1.41. The molecule has 3 heterocycles. The lowest BCUT2D eigenvalue weighted by molar-refractivity contribution is -0.127. The van der Waals surface area contributed by atoms with Crippen LogP contribution in [0.3, 0.4) is 0 Å². The number of likely N-dealkylation sites (tertiary alicyclic amines) is 1. The second-order valence-corrected chi connectivity index (χ2v) is 9.78. The number of piperidine rings is 1. The lowest BCUT2D eigenvalue weighted by Gasteiger charge is -2.41. The fraction of sp³-hybridized carbons (Fsp3) is 0.545. The van der Waals surface area contributed by atoms with E-state index >= 15 is 0 Å². The summed E-state index contributed by atoms with van der Waals surface area (Å²) in [6.07, 6.45) is 3.55. The Morgan fingerprint density at radius 3 is 2.61 bits per heavy atom. The maximum Gasteiger partial charge on any atom is 0.322 e. The largest absolute Gasteiger partial charge is 0.323 e. The number of fused-ring (bicyclic) bond motifs is 1. The van der Waals surface area contributed by atoms with Crippen molar-refractivity contribution < 1.29 is 9.59 Å². The number of carbonyl (C=O) groups excluding carboxylic acids is 2. The van der Waals surface area contributed by atoms with Gasteiger partial charge in [0.25, 0.3) is 5.91 Å². The van der Waals surface area contributed by atoms with Crippen molar-refractivity contribution in [2.75, 3.05) is 13.1 Å². The number of imide groups is 1. The topological polar surface area (TPSA) is 61.4 Å². The van der Waals surface area contributed by atoms with E-state index in [0.29, 0.717) is 5.92 Å². The molecule has 0 saturated carbocycles. The Morgan fingerprint density at radius 2 is 1.96 bits per heavy atom. The number of benzene rings is 1. The fourth-order valence-corrected chi connectivity index (χ4v) is 5.72. The molecule has 1 aromatic carbocycles. The SMILES string of the molecule is CC(C)CCC1(C2CCN(Cc3cc4ccccc4s3)CC2)NC(=O)NC1=O. The van der Waals surface area contributed by atoms with Crippen LogP contribution in [0.2, 0.25) is 0 Å². The quantitative estimate of drug-likeness (QED) is 0.718. The van der Waals surface area contributed by atoms with Gasteiger partial charge in [-0.05, 0) is 68.1 Å². The Labute approximate surface area is 170 Å². The first-order valence-corrected chi connectivity index (χ1v) is 11.1. The molecule has 2 saturated heterocycles. The third-order valence-electron chi connectivity index (χ3n) is 6.23. The monoisotopic (exact) mass is 399 g/mol. The van der Waals surface area contributed by atoms with Crippen molar-refractivity contribution in [1.82, 2.24) is 15.5 Å². The summed E-state index contributed by atoms with van der Waals surface area (Å²) in [7, 11) is 0. The van der Waals surface area contributed by atoms with Gasteiger partial charge >= 0.3 is 6.03 Å². The van der Waals surface area contributed by atoms with Crippen molar-refractivity contribution in [3.8, 4) is 0 Å². The molecular weight excluding hydrogens is 370 g/mol. The van der Waals surface area contributed by atoms with Crippen molar-refractivity contribution in [3.05, 3.63) is 35.2 Å². The summed E-state index contributed by atoms with van der Waals surface area (Å²) >= 11 is 1.87. The lowest BCUT2D eigenvalue weighted by atomic mass is 9.74. The highest BCUT2D eigenvalue weighted by Gasteiger charge is 2.51. The number of hydrogen-bond donors (Lipinski definition) is 2. The first kappa shape index (κ1) is 19.4. The normalized spacial score (nSPS) is 24.1. The summed E-state index contributed by atoms with van der Waals surface area (Å²) in [6.45, 7) is 7.21. The molecule has 2 aliphatic rings. The molecule has 4 rings (SSSR count). The van der Waals surface area contributed by atoms with Gasteiger partial charge in [-0.3, -0.25) is 15.0 Å². The van der Waals surface area contributed by atoms with Crippen LogP contribution in [-0.4, -0.2) is 35.5 Å². The number of carbonyl (C=O) groups is 2. The molecule has 3 amide bonds. The number of amides is 3. The van der Waals surface area contributed by atoms with Crippen LogP contribution in [0.1, 0.15) is 44.4 Å². The van der Waals surface area contributed by atoms with Crippen LogP contribution < -0.4 is 10.6 Å². The molecule has 0 bridgehead atoms. The average molecular weight is 400 g/mol. The van der Waals surface area contributed by atoms with E-state index in [1.165, 1.54) is 15.0 Å². The van der Waals surface area contributed by atoms with Gasteiger partial charge in [-0.25, -0.2) is 4.79 Å². The number of thiophene rings is 1. The highest BCUT2D eigenvalue weighted by molar-refractivity contribution is 7.19. The van der Waals surface area contributed by atoms with Gasteiger partial charge in [0.05, 0.1) is 0 Å². The number of hydrogen-bond acceptors (Lipinski definition) is 4. The molecule has 6 heteroatoms. The number of nitrogens with zero attached hydrogens (tertiary/aromatic N) is 1. The minimum atomic E-state index is -0.717. The first-order chi connectivity index (χ1) is 13.5. The first-order valence-electron chi connectivity index (χ1n) is 10.3. The van der Waals surface area contributed by atoms with Crippen LogP contribution in [0.25, 0.3) is 10.1 Å². The van der Waals surface area contributed by atoms with Crippen molar-refractivity contribution in [3.63, 3.8) is 0 Å². The van der Waals surface area contributed by atoms with Gasteiger partial charge in [-0.15, -0.1) is 11.3 Å². The van der Waals surface area contributed by atoms with Crippen LogP contribution in [0.15, 0.2) is 30.3 Å². The van der Waals surface area contributed by atoms with E-state index in [1.54, 1.807) is 0 Å². The van der Waals surface area contributed by atoms with E-state index in [0.717, 1.165) is 45.3 Å². The summed E-state index contributed by atoms with van der Waals surface area (Å²) in [4.78, 5) is 28.4. The fourth-order valence-electron chi connectivity index (χ4n) is 4.61. The molecule has 2 aromatic rings. The zero-order valence-electron chi connectivity index (χ0n) is 16.7. The van der Waals surface area contributed by atoms with Gasteiger partial charge in [0, 0.05) is 16.1 Å². The molecule has 0 aliphatic carbocycles. The van der Waals surface area contributed by atoms with Crippen molar-refractivity contribution >= 4 is 33.4 Å². The van der Waals surface area contributed by atoms with Gasteiger partial charge in [0.1, 0.15) is 5.54 Å². The molecule has 1 atom stereocenters. The molecule has 1 aromatic heterocycles. The van der Waals surface area contributed by atoms with E-state index in [9.17, 15) is 9.59 Å². The predicted octanol–water partition coefficient (Wildman–Crippen LogP) is 4.13. The zero-order chi connectivity index (χ0) is 19.7. The Bertz CT molecular complexity index is 837. The van der Waals surface area contributed by atoms with Crippen LogP contribution in [-0.2, 0) is 11.3 Å². The molecule has 5 nitrogen and oxygen atoms in total. The molecule has 0 spiro atoms. The number of nitrogens with one attached hydrogen (secondary N) is 2. The molecule has 0 radical (unpaired) electrons. The van der Waals surface area contributed by atoms with Gasteiger partial charge in [-0.2, -0.15) is 0 Å². The van der Waals surface area contributed by atoms with Crippen molar-refractivity contribution in [1.29, 1.82) is 0 Å². The summed E-state index contributed by atoms with van der Waals surface area (Å²) in [5.74, 6) is 0.590. The summed E-state index contributed by atoms with van der Waals surface area (Å²) in [5.41, 5.74) is -0.717. The molecule has 2 fully saturated rings. The third kappa shape index (κ3) is 3.80. The van der Waals surface area contributed by atoms with E-state index in [2.05, 4.69) is 59.7 Å². The predicted molar refractivity (Wildman–Crippen MR) is 113 cm³/mol. The Morgan fingerprint density at radius 1 is 1.21 bits per heavy atom. The second kappa shape index (κ2) is 7.84. The number of urea groups is 1. The highest BCUT2D eigenvalue weighted by Crippen LogP contribution is 2.36. The maximum absolute atomic E-state index is 12.7. The zero-order valence-corrected chi connectivity index (χ0v) is 17.5.